The molecule has 1 aromatic carbocycles. The minimum absolute atomic E-state index is 0.179. The number of aliphatic carboxylic acids is 1. The predicted molar refractivity (Wildman–Crippen MR) is 83.0 cm³/mol. The third-order valence-electron chi connectivity index (χ3n) is 4.36. The van der Waals surface area contributed by atoms with Crippen molar-refractivity contribution < 1.29 is 32.2 Å². The minimum Gasteiger partial charge on any atom is -0.490 e. The Bertz CT molecular complexity index is 594. The molecule has 2 N–H and O–H groups in total. The van der Waals surface area contributed by atoms with E-state index in [0.717, 1.165) is 12.8 Å². The summed E-state index contributed by atoms with van der Waals surface area (Å²) in [7, 11) is 0. The van der Waals surface area contributed by atoms with Crippen molar-refractivity contribution in [3.8, 4) is 5.75 Å². The Morgan fingerprint density at radius 1 is 1.24 bits per heavy atom. The van der Waals surface area contributed by atoms with E-state index in [1.54, 1.807) is 13.0 Å². The van der Waals surface area contributed by atoms with Gasteiger partial charge in [-0.3, -0.25) is 0 Å². The molecular weight excluding hydrogens is 342 g/mol. The van der Waals surface area contributed by atoms with Gasteiger partial charge in [0, 0.05) is 18.2 Å². The summed E-state index contributed by atoms with van der Waals surface area (Å²) in [6.07, 6.45) is 1.08. The number of piperidine rings is 2. The van der Waals surface area contributed by atoms with Gasteiger partial charge in [0.25, 0.3) is 0 Å². The lowest BCUT2D eigenvalue weighted by atomic mass is 9.85. The smallest absolute Gasteiger partial charge is 0.490 e. The highest BCUT2D eigenvalue weighted by molar-refractivity contribution is 5.73. The molecule has 140 valence electrons. The number of ether oxygens (including phenoxy) is 1. The molecule has 0 amide bonds. The van der Waals surface area contributed by atoms with Gasteiger partial charge in [0.05, 0.1) is 0 Å². The van der Waals surface area contributed by atoms with Gasteiger partial charge in [-0.05, 0) is 44.2 Å². The molecule has 0 spiro atoms. The van der Waals surface area contributed by atoms with Crippen LogP contribution in [0.4, 0.5) is 17.6 Å². The molecule has 2 bridgehead atoms. The Labute approximate surface area is 143 Å². The van der Waals surface area contributed by atoms with Crippen molar-refractivity contribution >= 4 is 5.97 Å². The normalized spacial score (nSPS) is 25.6. The number of halogens is 4. The van der Waals surface area contributed by atoms with Crippen molar-refractivity contribution in [3.63, 3.8) is 0 Å². The number of nitrogens with one attached hydrogen (secondary N) is 1. The number of benzene rings is 1. The van der Waals surface area contributed by atoms with Crippen LogP contribution in [0.5, 0.6) is 5.75 Å². The Kier molecular flexibility index (Phi) is 6.26. The maximum Gasteiger partial charge on any atom is 0.490 e. The molecule has 2 fully saturated rings. The second-order valence-corrected chi connectivity index (χ2v) is 6.42. The van der Waals surface area contributed by atoms with E-state index in [9.17, 15) is 17.6 Å². The number of hydrogen-bond acceptors (Lipinski definition) is 3. The number of fused-ring (bicyclic) bond motifs is 2. The molecule has 0 aromatic heterocycles. The van der Waals surface area contributed by atoms with Crippen molar-refractivity contribution in [2.45, 2.75) is 63.4 Å². The van der Waals surface area contributed by atoms with Crippen LogP contribution < -0.4 is 10.1 Å². The standard InChI is InChI=1S/C15H20FNO.C2HF3O2/c1-10-5-6-13(9-15(10)16)18-14-7-11-3-2-4-12(8-14)17-11;3-2(4,5)1(6)7/h5-6,9,11-12,14,17H,2-4,7-8H2,1H3;(H,6,7)/t11-,12+,14-;. The average molecular weight is 363 g/mol. The van der Waals surface area contributed by atoms with Crippen LogP contribution >= 0.6 is 0 Å². The van der Waals surface area contributed by atoms with Gasteiger partial charge in [0.1, 0.15) is 17.7 Å². The van der Waals surface area contributed by atoms with Crippen LogP contribution in [0, 0.1) is 12.7 Å². The molecule has 2 saturated heterocycles. The van der Waals surface area contributed by atoms with E-state index < -0.39 is 12.1 Å². The lowest BCUT2D eigenvalue weighted by Gasteiger charge is -2.40. The highest BCUT2D eigenvalue weighted by atomic mass is 19.4. The summed E-state index contributed by atoms with van der Waals surface area (Å²) in [4.78, 5) is 8.90. The molecule has 1 aromatic rings. The number of carboxylic acids is 1. The van der Waals surface area contributed by atoms with Gasteiger partial charge < -0.3 is 15.2 Å². The van der Waals surface area contributed by atoms with E-state index in [4.69, 9.17) is 14.6 Å². The summed E-state index contributed by atoms with van der Waals surface area (Å²) in [5.41, 5.74) is 0.671. The summed E-state index contributed by atoms with van der Waals surface area (Å²) in [5, 5.41) is 10.8. The number of rotatable bonds is 2. The largest absolute Gasteiger partial charge is 0.490 e. The third kappa shape index (κ3) is 5.88. The van der Waals surface area contributed by atoms with Gasteiger partial charge in [0.15, 0.2) is 0 Å². The maximum atomic E-state index is 13.5. The fourth-order valence-electron chi connectivity index (χ4n) is 3.15. The van der Waals surface area contributed by atoms with Gasteiger partial charge in [-0.15, -0.1) is 0 Å². The average Bonchev–Trinajstić information content (AvgIpc) is 2.50. The van der Waals surface area contributed by atoms with Crippen LogP contribution in [0.25, 0.3) is 0 Å². The first-order chi connectivity index (χ1) is 11.6. The fraction of sp³-hybridized carbons (Fsp3) is 0.588. The highest BCUT2D eigenvalue weighted by Crippen LogP contribution is 2.29. The van der Waals surface area contributed by atoms with E-state index in [-0.39, 0.29) is 11.9 Å². The van der Waals surface area contributed by atoms with Gasteiger partial charge in [-0.1, -0.05) is 12.5 Å². The molecule has 2 aliphatic heterocycles. The van der Waals surface area contributed by atoms with Crippen molar-refractivity contribution in [1.29, 1.82) is 0 Å². The second kappa shape index (κ2) is 8.03. The molecule has 0 radical (unpaired) electrons. The highest BCUT2D eigenvalue weighted by Gasteiger charge is 2.38. The first kappa shape index (κ1) is 19.5. The molecule has 2 aliphatic rings. The van der Waals surface area contributed by atoms with Gasteiger partial charge in [-0.25, -0.2) is 9.18 Å². The third-order valence-corrected chi connectivity index (χ3v) is 4.36. The number of aryl methyl sites for hydroxylation is 1. The SMILES string of the molecule is Cc1ccc(O[C@@H]2C[C@H]3CCC[C@@H](C2)N3)cc1F.O=C(O)C(F)(F)F. The molecule has 0 aliphatic carbocycles. The van der Waals surface area contributed by atoms with Crippen LogP contribution in [0.3, 0.4) is 0 Å². The van der Waals surface area contributed by atoms with Crippen LogP contribution in [-0.4, -0.2) is 35.4 Å². The molecule has 3 rings (SSSR count). The summed E-state index contributed by atoms with van der Waals surface area (Å²) >= 11 is 0. The summed E-state index contributed by atoms with van der Waals surface area (Å²) in [6.45, 7) is 1.77. The van der Waals surface area contributed by atoms with E-state index in [2.05, 4.69) is 5.32 Å². The molecule has 8 heteroatoms. The lowest BCUT2D eigenvalue weighted by Crippen LogP contribution is -2.51. The van der Waals surface area contributed by atoms with Crippen LogP contribution in [0.1, 0.15) is 37.7 Å². The van der Waals surface area contributed by atoms with Crippen molar-refractivity contribution in [3.05, 3.63) is 29.6 Å². The molecule has 0 saturated carbocycles. The quantitative estimate of drug-likeness (QED) is 0.785. The number of carbonyl (C=O) groups is 1. The molecule has 25 heavy (non-hydrogen) atoms. The number of hydrogen-bond donors (Lipinski definition) is 2. The van der Waals surface area contributed by atoms with Crippen LogP contribution in [-0.2, 0) is 4.79 Å². The monoisotopic (exact) mass is 363 g/mol. The Morgan fingerprint density at radius 3 is 2.28 bits per heavy atom. The van der Waals surface area contributed by atoms with E-state index in [1.165, 1.54) is 25.3 Å². The topological polar surface area (TPSA) is 58.6 Å². The van der Waals surface area contributed by atoms with Gasteiger partial charge >= 0.3 is 12.1 Å². The number of carboxylic acid groups (broad SMARTS) is 1. The molecule has 0 unspecified atom stereocenters. The Hall–Kier alpha value is -1.83. The summed E-state index contributed by atoms with van der Waals surface area (Å²) < 4.78 is 51.2. The molecule has 4 nitrogen and oxygen atoms in total. The fourth-order valence-corrected chi connectivity index (χ4v) is 3.15. The first-order valence-corrected chi connectivity index (χ1v) is 8.14. The van der Waals surface area contributed by atoms with E-state index >= 15 is 0 Å². The zero-order chi connectivity index (χ0) is 18.6. The zero-order valence-corrected chi connectivity index (χ0v) is 13.8. The Balaban J connectivity index is 0.000000277. The second-order valence-electron chi connectivity index (χ2n) is 6.42. The van der Waals surface area contributed by atoms with Crippen molar-refractivity contribution in [2.24, 2.45) is 0 Å². The summed E-state index contributed by atoms with van der Waals surface area (Å²) in [6, 6.07) is 6.35. The van der Waals surface area contributed by atoms with Crippen molar-refractivity contribution in [1.82, 2.24) is 5.32 Å². The maximum absolute atomic E-state index is 13.5. The van der Waals surface area contributed by atoms with Gasteiger partial charge in [-0.2, -0.15) is 13.2 Å². The molecular formula is C17H21F4NO3. The Morgan fingerprint density at radius 2 is 1.80 bits per heavy atom. The van der Waals surface area contributed by atoms with E-state index in [1.807, 2.05) is 6.07 Å². The lowest BCUT2D eigenvalue weighted by molar-refractivity contribution is -0.192. The number of alkyl halides is 3. The van der Waals surface area contributed by atoms with Crippen LogP contribution in [0.15, 0.2) is 18.2 Å². The van der Waals surface area contributed by atoms with Crippen LogP contribution in [0.2, 0.25) is 0 Å². The molecule has 3 atom stereocenters. The molecule has 2 heterocycles. The van der Waals surface area contributed by atoms with E-state index in [0.29, 0.717) is 23.4 Å². The van der Waals surface area contributed by atoms with Gasteiger partial charge in [0.2, 0.25) is 0 Å². The van der Waals surface area contributed by atoms with Crippen molar-refractivity contribution in [2.75, 3.05) is 0 Å². The minimum atomic E-state index is -5.08. The first-order valence-electron chi connectivity index (χ1n) is 8.14. The summed E-state index contributed by atoms with van der Waals surface area (Å²) in [5.74, 6) is -2.27. The predicted octanol–water partition coefficient (Wildman–Crippen LogP) is 3.82. The zero-order valence-electron chi connectivity index (χ0n) is 13.8.